The van der Waals surface area contributed by atoms with Crippen LogP contribution in [0.3, 0.4) is 0 Å². The average Bonchev–Trinajstić information content (AvgIpc) is 2.57. The molecule has 0 saturated heterocycles. The van der Waals surface area contributed by atoms with Gasteiger partial charge < -0.3 is 9.47 Å². The fourth-order valence-electron chi connectivity index (χ4n) is 1.95. The molecule has 0 aliphatic heterocycles. The Hall–Kier alpha value is -1.01. The van der Waals surface area contributed by atoms with Crippen LogP contribution >= 0.6 is 10.7 Å². The molecule has 0 unspecified atom stereocenters. The molecule has 100 valence electrons. The second kappa shape index (κ2) is 4.59. The van der Waals surface area contributed by atoms with Gasteiger partial charge in [-0.15, -0.1) is 0 Å². The van der Waals surface area contributed by atoms with Crippen molar-refractivity contribution in [2.24, 2.45) is 0 Å². The number of aromatic nitrogens is 1. The van der Waals surface area contributed by atoms with Crippen LogP contribution in [0.15, 0.2) is 17.2 Å². The van der Waals surface area contributed by atoms with Gasteiger partial charge in [0.1, 0.15) is 10.6 Å². The van der Waals surface area contributed by atoms with Crippen molar-refractivity contribution in [1.82, 2.24) is 9.47 Å². The summed E-state index contributed by atoms with van der Waals surface area (Å²) in [6.07, 6.45) is 4.48. The van der Waals surface area contributed by atoms with Gasteiger partial charge in [-0.3, -0.25) is 4.79 Å². The van der Waals surface area contributed by atoms with Crippen LogP contribution in [0.2, 0.25) is 0 Å². The van der Waals surface area contributed by atoms with E-state index in [-0.39, 0.29) is 16.8 Å². The molecule has 1 aromatic rings. The van der Waals surface area contributed by atoms with Crippen molar-refractivity contribution in [2.75, 3.05) is 14.1 Å². The lowest BCUT2D eigenvalue weighted by Crippen LogP contribution is -2.27. The van der Waals surface area contributed by atoms with Crippen molar-refractivity contribution in [2.45, 2.75) is 30.2 Å². The summed E-state index contributed by atoms with van der Waals surface area (Å²) in [5, 5.41) is 0. The van der Waals surface area contributed by atoms with Crippen LogP contribution in [-0.2, 0) is 9.05 Å². The molecule has 1 aliphatic rings. The standard InChI is InChI=1S/C11H15ClN2O3S/c1-13(2)11(15)10-6-9(18(12,16)17)7-14(10)8-4-3-5-8/h6-8H,3-5H2,1-2H3. The fourth-order valence-corrected chi connectivity index (χ4v) is 2.70. The van der Waals surface area contributed by atoms with Gasteiger partial charge in [-0.2, -0.15) is 0 Å². The molecule has 0 aromatic carbocycles. The van der Waals surface area contributed by atoms with Gasteiger partial charge >= 0.3 is 0 Å². The Bertz CT molecular complexity index is 573. The number of rotatable bonds is 3. The van der Waals surface area contributed by atoms with Gasteiger partial charge in [0, 0.05) is 37.0 Å². The highest BCUT2D eigenvalue weighted by molar-refractivity contribution is 8.13. The average molecular weight is 291 g/mol. The van der Waals surface area contributed by atoms with E-state index in [1.54, 1.807) is 18.7 Å². The SMILES string of the molecule is CN(C)C(=O)c1cc(S(=O)(=O)Cl)cn1C1CCC1. The van der Waals surface area contributed by atoms with E-state index in [9.17, 15) is 13.2 Å². The third-order valence-electron chi connectivity index (χ3n) is 3.20. The molecule has 1 fully saturated rings. The van der Waals surface area contributed by atoms with Crippen molar-refractivity contribution in [3.05, 3.63) is 18.0 Å². The van der Waals surface area contributed by atoms with E-state index in [1.807, 2.05) is 0 Å². The number of hydrogen-bond donors (Lipinski definition) is 0. The van der Waals surface area contributed by atoms with E-state index < -0.39 is 9.05 Å². The van der Waals surface area contributed by atoms with Crippen LogP contribution in [0.25, 0.3) is 0 Å². The van der Waals surface area contributed by atoms with Crippen molar-refractivity contribution >= 4 is 25.6 Å². The maximum absolute atomic E-state index is 12.0. The summed E-state index contributed by atoms with van der Waals surface area (Å²) >= 11 is 0. The molecule has 7 heteroatoms. The number of halogens is 1. The van der Waals surface area contributed by atoms with Crippen molar-refractivity contribution < 1.29 is 13.2 Å². The van der Waals surface area contributed by atoms with E-state index in [2.05, 4.69) is 0 Å². The summed E-state index contributed by atoms with van der Waals surface area (Å²) in [7, 11) is 4.80. The Kier molecular flexibility index (Phi) is 3.42. The minimum Gasteiger partial charge on any atom is -0.343 e. The van der Waals surface area contributed by atoms with Crippen LogP contribution < -0.4 is 0 Å². The second-order valence-electron chi connectivity index (χ2n) is 4.69. The summed E-state index contributed by atoms with van der Waals surface area (Å²) in [4.78, 5) is 13.4. The zero-order valence-electron chi connectivity index (χ0n) is 10.3. The zero-order chi connectivity index (χ0) is 13.5. The molecule has 1 aromatic heterocycles. The van der Waals surface area contributed by atoms with E-state index in [4.69, 9.17) is 10.7 Å². The van der Waals surface area contributed by atoms with Crippen LogP contribution in [0.5, 0.6) is 0 Å². The first-order valence-corrected chi connectivity index (χ1v) is 8.00. The van der Waals surface area contributed by atoms with Gasteiger partial charge in [0.25, 0.3) is 15.0 Å². The van der Waals surface area contributed by atoms with Crippen LogP contribution in [0.4, 0.5) is 0 Å². The zero-order valence-corrected chi connectivity index (χ0v) is 11.8. The van der Waals surface area contributed by atoms with Gasteiger partial charge in [-0.1, -0.05) is 0 Å². The van der Waals surface area contributed by atoms with Crippen molar-refractivity contribution in [3.63, 3.8) is 0 Å². The first-order chi connectivity index (χ1) is 8.30. The molecule has 1 saturated carbocycles. The Morgan fingerprint density at radius 3 is 2.44 bits per heavy atom. The largest absolute Gasteiger partial charge is 0.343 e. The summed E-state index contributed by atoms with van der Waals surface area (Å²) in [5.74, 6) is -0.214. The van der Waals surface area contributed by atoms with E-state index >= 15 is 0 Å². The summed E-state index contributed by atoms with van der Waals surface area (Å²) < 4.78 is 24.4. The van der Waals surface area contributed by atoms with Crippen LogP contribution in [-0.4, -0.2) is 37.9 Å². The maximum Gasteiger partial charge on any atom is 0.270 e. The third kappa shape index (κ3) is 2.40. The Labute approximate surface area is 111 Å². The quantitative estimate of drug-likeness (QED) is 0.798. The molecular weight excluding hydrogens is 276 g/mol. The topological polar surface area (TPSA) is 59.4 Å². The highest BCUT2D eigenvalue weighted by Crippen LogP contribution is 2.34. The number of nitrogens with zero attached hydrogens (tertiary/aromatic N) is 2. The molecular formula is C11H15ClN2O3S. The van der Waals surface area contributed by atoms with Gasteiger partial charge in [0.15, 0.2) is 0 Å². The molecule has 1 heterocycles. The predicted molar refractivity (Wildman–Crippen MR) is 68.4 cm³/mol. The molecule has 0 bridgehead atoms. The van der Waals surface area contributed by atoms with Gasteiger partial charge in [-0.25, -0.2) is 8.42 Å². The molecule has 1 amide bonds. The highest BCUT2D eigenvalue weighted by Gasteiger charge is 2.27. The Morgan fingerprint density at radius 1 is 1.44 bits per heavy atom. The normalized spacial score (nSPS) is 16.4. The summed E-state index contributed by atoms with van der Waals surface area (Å²) in [6, 6.07) is 1.55. The summed E-state index contributed by atoms with van der Waals surface area (Å²) in [5.41, 5.74) is 0.379. The van der Waals surface area contributed by atoms with Crippen LogP contribution in [0, 0.1) is 0 Å². The molecule has 18 heavy (non-hydrogen) atoms. The number of hydrogen-bond acceptors (Lipinski definition) is 3. The lowest BCUT2D eigenvalue weighted by atomic mass is 9.93. The maximum atomic E-state index is 12.0. The van der Waals surface area contributed by atoms with Gasteiger partial charge in [0.2, 0.25) is 0 Å². The van der Waals surface area contributed by atoms with Gasteiger partial charge in [-0.05, 0) is 25.3 Å². The molecule has 0 N–H and O–H groups in total. The number of carbonyl (C=O) groups is 1. The molecule has 1 aliphatic carbocycles. The minimum atomic E-state index is -3.80. The molecule has 0 atom stereocenters. The minimum absolute atomic E-state index is 0.0127. The summed E-state index contributed by atoms with van der Waals surface area (Å²) in [6.45, 7) is 0. The second-order valence-corrected chi connectivity index (χ2v) is 7.26. The first kappa shape index (κ1) is 13.4. The van der Waals surface area contributed by atoms with E-state index in [0.717, 1.165) is 19.3 Å². The Morgan fingerprint density at radius 2 is 2.06 bits per heavy atom. The fraction of sp³-hybridized carbons (Fsp3) is 0.545. The number of amides is 1. The van der Waals surface area contributed by atoms with E-state index in [1.165, 1.54) is 17.2 Å². The number of carbonyl (C=O) groups excluding carboxylic acids is 1. The third-order valence-corrected chi connectivity index (χ3v) is 4.52. The molecule has 0 radical (unpaired) electrons. The molecule has 5 nitrogen and oxygen atoms in total. The van der Waals surface area contributed by atoms with Crippen molar-refractivity contribution in [3.8, 4) is 0 Å². The lowest BCUT2D eigenvalue weighted by molar-refractivity contribution is 0.0811. The molecule has 0 spiro atoms. The highest BCUT2D eigenvalue weighted by atomic mass is 35.7. The molecule has 2 rings (SSSR count). The monoisotopic (exact) mass is 290 g/mol. The first-order valence-electron chi connectivity index (χ1n) is 5.69. The van der Waals surface area contributed by atoms with Crippen LogP contribution in [0.1, 0.15) is 35.8 Å². The van der Waals surface area contributed by atoms with Gasteiger partial charge in [0.05, 0.1) is 0 Å². The Balaban J connectivity index is 2.48. The lowest BCUT2D eigenvalue weighted by Gasteiger charge is -2.29. The van der Waals surface area contributed by atoms with Crippen molar-refractivity contribution in [1.29, 1.82) is 0 Å². The predicted octanol–water partition coefficient (Wildman–Crippen LogP) is 1.84. The smallest absolute Gasteiger partial charge is 0.270 e. The van der Waals surface area contributed by atoms with E-state index in [0.29, 0.717) is 5.69 Å².